The van der Waals surface area contributed by atoms with Gasteiger partial charge in [-0.05, 0) is 64.8 Å². The third kappa shape index (κ3) is 3.96. The van der Waals surface area contributed by atoms with Gasteiger partial charge in [-0.15, -0.1) is 0 Å². The van der Waals surface area contributed by atoms with Crippen LogP contribution in [0.1, 0.15) is 62.3 Å². The summed E-state index contributed by atoms with van der Waals surface area (Å²) in [6.07, 6.45) is 6.93. The summed E-state index contributed by atoms with van der Waals surface area (Å²) in [6, 6.07) is 16.1. The number of fused-ring (bicyclic) bond motifs is 3. The van der Waals surface area contributed by atoms with E-state index in [0.717, 1.165) is 12.8 Å². The number of rotatable bonds is 3. The Kier molecular flexibility index (Phi) is 6.47. The molecule has 1 heteroatoms. The summed E-state index contributed by atoms with van der Waals surface area (Å²) in [7, 11) is 4.33. The smallest absolute Gasteiger partial charge is 0.0476 e. The van der Waals surface area contributed by atoms with Gasteiger partial charge in [0.25, 0.3) is 0 Å². The third-order valence-electron chi connectivity index (χ3n) is 5.72. The van der Waals surface area contributed by atoms with Crippen molar-refractivity contribution in [3.05, 3.63) is 70.8 Å². The minimum absolute atomic E-state index is 0.497. The molecule has 0 heterocycles. The molecule has 4 rings (SSSR count). The van der Waals surface area contributed by atoms with Gasteiger partial charge in [0.05, 0.1) is 0 Å². The van der Waals surface area contributed by atoms with E-state index in [0.29, 0.717) is 5.92 Å². The Morgan fingerprint density at radius 3 is 2.38 bits per heavy atom. The molecule has 152 valence electrons. The van der Waals surface area contributed by atoms with Crippen molar-refractivity contribution in [1.29, 1.82) is 0 Å². The molecule has 0 spiro atoms. The lowest BCUT2D eigenvalue weighted by Gasteiger charge is -2.26. The molecule has 0 saturated heterocycles. The molecule has 0 aliphatic heterocycles. The first kappa shape index (κ1) is 21.2. The van der Waals surface area contributed by atoms with Crippen LogP contribution in [0.25, 0.3) is 28.0 Å². The molecule has 0 unspecified atom stereocenters. The molecule has 1 nitrogen and oxygen atoms in total. The van der Waals surface area contributed by atoms with Gasteiger partial charge in [-0.25, -0.2) is 0 Å². The van der Waals surface area contributed by atoms with Crippen molar-refractivity contribution in [3.8, 4) is 11.1 Å². The molecular formula is C28H35N. The summed E-state index contributed by atoms with van der Waals surface area (Å²) in [6.45, 7) is 10.7. The second-order valence-electron chi connectivity index (χ2n) is 8.27. The van der Waals surface area contributed by atoms with E-state index in [1.807, 2.05) is 13.8 Å². The quantitative estimate of drug-likeness (QED) is 0.441. The minimum atomic E-state index is 0.497. The maximum atomic E-state index is 2.41. The molecule has 29 heavy (non-hydrogen) atoms. The van der Waals surface area contributed by atoms with Crippen LogP contribution in [0.2, 0.25) is 0 Å². The highest BCUT2D eigenvalue weighted by molar-refractivity contribution is 5.98. The van der Waals surface area contributed by atoms with E-state index in [9.17, 15) is 0 Å². The van der Waals surface area contributed by atoms with Crippen LogP contribution < -0.4 is 4.90 Å². The molecule has 0 radical (unpaired) electrons. The van der Waals surface area contributed by atoms with Crippen LogP contribution in [-0.4, -0.2) is 14.1 Å². The Morgan fingerprint density at radius 2 is 1.69 bits per heavy atom. The molecule has 0 N–H and O–H groups in total. The first-order valence-electron chi connectivity index (χ1n) is 11.0. The normalized spacial score (nSPS) is 12.6. The number of hydrogen-bond donors (Lipinski definition) is 0. The average Bonchev–Trinajstić information content (AvgIpc) is 2.73. The average molecular weight is 386 g/mol. The Labute approximate surface area is 177 Å². The van der Waals surface area contributed by atoms with Gasteiger partial charge in [0.15, 0.2) is 0 Å². The van der Waals surface area contributed by atoms with Crippen molar-refractivity contribution in [2.45, 2.75) is 53.4 Å². The van der Waals surface area contributed by atoms with Crippen LogP contribution in [0.3, 0.4) is 0 Å². The summed E-state index contributed by atoms with van der Waals surface area (Å²) in [5, 5.41) is 2.77. The molecule has 3 aromatic carbocycles. The Morgan fingerprint density at radius 1 is 0.931 bits per heavy atom. The highest BCUT2D eigenvalue weighted by Gasteiger charge is 2.20. The van der Waals surface area contributed by atoms with Gasteiger partial charge in [0.2, 0.25) is 0 Å². The van der Waals surface area contributed by atoms with E-state index >= 15 is 0 Å². The van der Waals surface area contributed by atoms with E-state index in [4.69, 9.17) is 0 Å². The first-order chi connectivity index (χ1) is 14.0. The molecule has 0 bridgehead atoms. The fourth-order valence-corrected chi connectivity index (χ4v) is 4.47. The van der Waals surface area contributed by atoms with Crippen molar-refractivity contribution < 1.29 is 0 Å². The Balaban J connectivity index is 0.00000117. The van der Waals surface area contributed by atoms with Gasteiger partial charge >= 0.3 is 0 Å². The van der Waals surface area contributed by atoms with E-state index < -0.39 is 0 Å². The minimum Gasteiger partial charge on any atom is -0.377 e. The number of nitrogens with zero attached hydrogens (tertiary/aromatic N) is 1. The van der Waals surface area contributed by atoms with Gasteiger partial charge in [0, 0.05) is 25.3 Å². The fraction of sp³-hybridized carbons (Fsp3) is 0.357. The number of anilines is 1. The maximum Gasteiger partial charge on any atom is 0.0476 e. The van der Waals surface area contributed by atoms with Crippen LogP contribution in [-0.2, 0) is 6.42 Å². The zero-order chi connectivity index (χ0) is 21.1. The van der Waals surface area contributed by atoms with Gasteiger partial charge in [-0.2, -0.15) is 0 Å². The zero-order valence-corrected chi connectivity index (χ0v) is 19.1. The van der Waals surface area contributed by atoms with Gasteiger partial charge in [0.1, 0.15) is 0 Å². The monoisotopic (exact) mass is 385 g/mol. The van der Waals surface area contributed by atoms with Crippen LogP contribution >= 0.6 is 0 Å². The molecule has 0 fully saturated rings. The Bertz CT molecular complexity index is 1040. The van der Waals surface area contributed by atoms with Gasteiger partial charge < -0.3 is 4.90 Å². The Hall–Kier alpha value is -2.54. The fourth-order valence-electron chi connectivity index (χ4n) is 4.47. The predicted molar refractivity (Wildman–Crippen MR) is 131 cm³/mol. The molecule has 0 saturated carbocycles. The van der Waals surface area contributed by atoms with Gasteiger partial charge in [-0.3, -0.25) is 0 Å². The van der Waals surface area contributed by atoms with Crippen molar-refractivity contribution in [2.75, 3.05) is 19.0 Å². The van der Waals surface area contributed by atoms with E-state index in [2.05, 4.69) is 94.4 Å². The maximum absolute atomic E-state index is 2.41. The van der Waals surface area contributed by atoms with Crippen molar-refractivity contribution >= 4 is 22.5 Å². The van der Waals surface area contributed by atoms with Crippen LogP contribution in [0, 0.1) is 6.92 Å². The lowest BCUT2D eigenvalue weighted by Crippen LogP contribution is -2.14. The molecule has 0 atom stereocenters. The lowest BCUT2D eigenvalue weighted by atomic mass is 9.84. The van der Waals surface area contributed by atoms with E-state index in [-0.39, 0.29) is 0 Å². The molecule has 3 aromatic rings. The van der Waals surface area contributed by atoms with Crippen molar-refractivity contribution in [2.24, 2.45) is 0 Å². The van der Waals surface area contributed by atoms with Crippen LogP contribution in [0.5, 0.6) is 0 Å². The predicted octanol–water partition coefficient (Wildman–Crippen LogP) is 7.99. The van der Waals surface area contributed by atoms with Gasteiger partial charge in [-0.1, -0.05) is 81.8 Å². The third-order valence-corrected chi connectivity index (χ3v) is 5.72. The summed E-state index contributed by atoms with van der Waals surface area (Å²) in [5.41, 5.74) is 9.70. The number of allylic oxidation sites excluding steroid dienone is 1. The summed E-state index contributed by atoms with van der Waals surface area (Å²) < 4.78 is 0. The SMILES string of the molecule is CC.Cc1ccc2c3c(c(-c4cccc(C(C)C)c4N(C)C)cc2c1)C=CCC3. The standard InChI is InChI=1S/C26H29N.C2H6/c1-17(2)20-11-8-12-24(26(20)27(4)5)25-16-19-15-18(3)13-14-21(19)22-9-6-7-10-23(22)25;1-2/h7-8,10-17H,6,9H2,1-5H3;1-2H3. The van der Waals surface area contributed by atoms with E-state index in [1.54, 1.807) is 0 Å². The second-order valence-corrected chi connectivity index (χ2v) is 8.27. The molecule has 1 aliphatic carbocycles. The molecular weight excluding hydrogens is 350 g/mol. The largest absolute Gasteiger partial charge is 0.377 e. The zero-order valence-electron chi connectivity index (χ0n) is 19.1. The summed E-state index contributed by atoms with van der Waals surface area (Å²) in [4.78, 5) is 2.28. The lowest BCUT2D eigenvalue weighted by molar-refractivity contribution is 0.859. The first-order valence-corrected chi connectivity index (χ1v) is 11.0. The number of para-hydroxylation sites is 1. The summed E-state index contributed by atoms with van der Waals surface area (Å²) >= 11 is 0. The number of benzene rings is 3. The van der Waals surface area contributed by atoms with Crippen molar-refractivity contribution in [3.63, 3.8) is 0 Å². The molecule has 1 aliphatic rings. The van der Waals surface area contributed by atoms with Crippen LogP contribution in [0.15, 0.2) is 48.5 Å². The highest BCUT2D eigenvalue weighted by Crippen LogP contribution is 2.42. The molecule has 0 amide bonds. The highest BCUT2D eigenvalue weighted by atomic mass is 15.1. The number of aryl methyl sites for hydroxylation is 2. The topological polar surface area (TPSA) is 3.24 Å². The molecule has 0 aromatic heterocycles. The second kappa shape index (κ2) is 8.86. The summed E-state index contributed by atoms with van der Waals surface area (Å²) in [5.74, 6) is 0.497. The van der Waals surface area contributed by atoms with Crippen LogP contribution in [0.4, 0.5) is 5.69 Å². The van der Waals surface area contributed by atoms with E-state index in [1.165, 1.54) is 49.8 Å². The number of hydrogen-bond acceptors (Lipinski definition) is 1. The van der Waals surface area contributed by atoms with Crippen molar-refractivity contribution in [1.82, 2.24) is 0 Å².